The van der Waals surface area contributed by atoms with Crippen LogP contribution in [0.5, 0.6) is 0 Å². The topological polar surface area (TPSA) is 32.8 Å². The van der Waals surface area contributed by atoms with Crippen LogP contribution in [0.25, 0.3) is 0 Å². The van der Waals surface area contributed by atoms with Gasteiger partial charge in [-0.1, -0.05) is 43.6 Å². The highest BCUT2D eigenvalue weighted by Gasteiger charge is 2.26. The number of halogens is 2. The van der Waals surface area contributed by atoms with Gasteiger partial charge >= 0.3 is 0 Å². The molecule has 1 heterocycles. The minimum Gasteiger partial charge on any atom is -0.374 e. The van der Waals surface area contributed by atoms with Gasteiger partial charge in [-0.25, -0.2) is 4.39 Å². The molecular weight excluding hydrogens is 391 g/mol. The summed E-state index contributed by atoms with van der Waals surface area (Å²) in [6, 6.07) is 13.6. The van der Waals surface area contributed by atoms with Crippen LogP contribution in [0.3, 0.4) is 0 Å². The average molecular weight is 419 g/mol. The van der Waals surface area contributed by atoms with Gasteiger partial charge in [-0.05, 0) is 41.8 Å². The fourth-order valence-corrected chi connectivity index (χ4v) is 3.80. The standard InChI is InChI=1S/C23H28ClFN2O2/c1-17(2)13-27(23(28)18-7-9-20(25)10-8-18)16-21-15-26(11-12-29-21)14-19-5-3-4-6-22(19)24/h3-10,17,21H,11-16H2,1-2H3. The van der Waals surface area contributed by atoms with Crippen molar-refractivity contribution in [2.45, 2.75) is 26.5 Å². The number of ether oxygens (including phenoxy) is 1. The Morgan fingerprint density at radius 1 is 1.24 bits per heavy atom. The largest absolute Gasteiger partial charge is 0.374 e. The number of benzene rings is 2. The second kappa shape index (κ2) is 10.2. The Hall–Kier alpha value is -1.95. The molecule has 0 radical (unpaired) electrons. The summed E-state index contributed by atoms with van der Waals surface area (Å²) in [4.78, 5) is 17.1. The summed E-state index contributed by atoms with van der Waals surface area (Å²) >= 11 is 6.30. The lowest BCUT2D eigenvalue weighted by molar-refractivity contribution is -0.0438. The summed E-state index contributed by atoms with van der Waals surface area (Å²) in [5.41, 5.74) is 1.59. The molecule has 1 aliphatic heterocycles. The molecule has 0 bridgehead atoms. The van der Waals surface area contributed by atoms with E-state index in [0.29, 0.717) is 31.2 Å². The van der Waals surface area contributed by atoms with Gasteiger partial charge in [0.15, 0.2) is 0 Å². The maximum atomic E-state index is 13.2. The highest BCUT2D eigenvalue weighted by molar-refractivity contribution is 6.31. The van der Waals surface area contributed by atoms with E-state index in [1.807, 2.05) is 29.2 Å². The fourth-order valence-electron chi connectivity index (χ4n) is 3.60. The first kappa shape index (κ1) is 21.8. The van der Waals surface area contributed by atoms with Gasteiger partial charge in [-0.15, -0.1) is 0 Å². The number of carbonyl (C=O) groups is 1. The summed E-state index contributed by atoms with van der Waals surface area (Å²) < 4.78 is 19.2. The van der Waals surface area contributed by atoms with E-state index >= 15 is 0 Å². The lowest BCUT2D eigenvalue weighted by atomic mass is 10.1. The van der Waals surface area contributed by atoms with Crippen molar-refractivity contribution in [1.82, 2.24) is 9.80 Å². The maximum Gasteiger partial charge on any atom is 0.253 e. The molecule has 0 saturated carbocycles. The van der Waals surface area contributed by atoms with Crippen molar-refractivity contribution in [2.24, 2.45) is 5.92 Å². The van der Waals surface area contributed by atoms with Gasteiger partial charge in [0.2, 0.25) is 0 Å². The van der Waals surface area contributed by atoms with E-state index in [0.717, 1.165) is 30.2 Å². The normalized spacial score (nSPS) is 17.5. The molecule has 29 heavy (non-hydrogen) atoms. The van der Waals surface area contributed by atoms with E-state index < -0.39 is 0 Å². The van der Waals surface area contributed by atoms with Crippen LogP contribution in [0, 0.1) is 11.7 Å². The molecule has 1 fully saturated rings. The van der Waals surface area contributed by atoms with Crippen LogP contribution in [-0.4, -0.2) is 54.6 Å². The molecule has 0 N–H and O–H groups in total. The number of morpholine rings is 1. The molecule has 156 valence electrons. The molecule has 0 aromatic heterocycles. The summed E-state index contributed by atoms with van der Waals surface area (Å²) in [6.45, 7) is 8.24. The minimum absolute atomic E-state index is 0.0746. The zero-order chi connectivity index (χ0) is 20.8. The van der Waals surface area contributed by atoms with E-state index in [1.54, 1.807) is 0 Å². The lowest BCUT2D eigenvalue weighted by Crippen LogP contribution is -2.49. The first-order valence-electron chi connectivity index (χ1n) is 10.0. The smallest absolute Gasteiger partial charge is 0.253 e. The Morgan fingerprint density at radius 3 is 2.66 bits per heavy atom. The van der Waals surface area contributed by atoms with Crippen LogP contribution in [0.4, 0.5) is 4.39 Å². The molecule has 1 unspecified atom stereocenters. The number of hydrogen-bond donors (Lipinski definition) is 0. The van der Waals surface area contributed by atoms with Crippen molar-refractivity contribution in [3.63, 3.8) is 0 Å². The lowest BCUT2D eigenvalue weighted by Gasteiger charge is -2.36. The molecule has 2 aromatic rings. The summed E-state index contributed by atoms with van der Waals surface area (Å²) in [6.07, 6.45) is -0.0746. The molecule has 1 saturated heterocycles. The second-order valence-electron chi connectivity index (χ2n) is 7.93. The van der Waals surface area contributed by atoms with Gasteiger partial charge in [0.05, 0.1) is 12.7 Å². The van der Waals surface area contributed by atoms with E-state index in [9.17, 15) is 9.18 Å². The summed E-state index contributed by atoms with van der Waals surface area (Å²) in [5, 5.41) is 0.767. The molecule has 1 aliphatic rings. The number of rotatable bonds is 7. The van der Waals surface area contributed by atoms with Crippen LogP contribution in [-0.2, 0) is 11.3 Å². The van der Waals surface area contributed by atoms with Gasteiger partial charge < -0.3 is 9.64 Å². The highest BCUT2D eigenvalue weighted by atomic mass is 35.5. The van der Waals surface area contributed by atoms with Crippen LogP contribution >= 0.6 is 11.6 Å². The Labute approximate surface area is 177 Å². The minimum atomic E-state index is -0.345. The number of amides is 1. The highest BCUT2D eigenvalue weighted by Crippen LogP contribution is 2.19. The quantitative estimate of drug-likeness (QED) is 0.664. The predicted molar refractivity (Wildman–Crippen MR) is 114 cm³/mol. The van der Waals surface area contributed by atoms with Crippen LogP contribution in [0.15, 0.2) is 48.5 Å². The molecule has 3 rings (SSSR count). The van der Waals surface area contributed by atoms with E-state index in [2.05, 4.69) is 18.7 Å². The van der Waals surface area contributed by atoms with Crippen molar-refractivity contribution in [2.75, 3.05) is 32.8 Å². The second-order valence-corrected chi connectivity index (χ2v) is 8.34. The average Bonchev–Trinajstić information content (AvgIpc) is 2.69. The zero-order valence-electron chi connectivity index (χ0n) is 17.0. The van der Waals surface area contributed by atoms with E-state index in [4.69, 9.17) is 16.3 Å². The van der Waals surface area contributed by atoms with Crippen LogP contribution in [0.1, 0.15) is 29.8 Å². The van der Waals surface area contributed by atoms with Gasteiger partial charge in [0.25, 0.3) is 5.91 Å². The van der Waals surface area contributed by atoms with Crippen molar-refractivity contribution in [3.05, 3.63) is 70.5 Å². The Morgan fingerprint density at radius 2 is 1.97 bits per heavy atom. The van der Waals surface area contributed by atoms with Gasteiger partial charge in [-0.2, -0.15) is 0 Å². The van der Waals surface area contributed by atoms with Crippen LogP contribution in [0.2, 0.25) is 5.02 Å². The van der Waals surface area contributed by atoms with Gasteiger partial charge in [0.1, 0.15) is 5.82 Å². The first-order valence-corrected chi connectivity index (χ1v) is 10.4. The maximum absolute atomic E-state index is 13.2. The molecule has 0 spiro atoms. The van der Waals surface area contributed by atoms with Crippen molar-refractivity contribution < 1.29 is 13.9 Å². The third-order valence-corrected chi connectivity index (χ3v) is 5.33. The van der Waals surface area contributed by atoms with Crippen molar-refractivity contribution in [1.29, 1.82) is 0 Å². The molecular formula is C23H28ClFN2O2. The first-order chi connectivity index (χ1) is 13.9. The van der Waals surface area contributed by atoms with E-state index in [1.165, 1.54) is 24.3 Å². The summed E-state index contributed by atoms with van der Waals surface area (Å²) in [7, 11) is 0. The van der Waals surface area contributed by atoms with Gasteiger partial charge in [0, 0.05) is 43.3 Å². The molecule has 2 aromatic carbocycles. The Balaban J connectivity index is 1.66. The monoisotopic (exact) mass is 418 g/mol. The number of nitrogens with zero attached hydrogens (tertiary/aromatic N) is 2. The van der Waals surface area contributed by atoms with Gasteiger partial charge in [-0.3, -0.25) is 9.69 Å². The number of carbonyl (C=O) groups excluding carboxylic acids is 1. The van der Waals surface area contributed by atoms with E-state index in [-0.39, 0.29) is 17.8 Å². The molecule has 1 atom stereocenters. The predicted octanol–water partition coefficient (Wildman–Crippen LogP) is 4.48. The van der Waals surface area contributed by atoms with Crippen molar-refractivity contribution in [3.8, 4) is 0 Å². The molecule has 6 heteroatoms. The molecule has 1 amide bonds. The number of hydrogen-bond acceptors (Lipinski definition) is 3. The third-order valence-electron chi connectivity index (χ3n) is 4.96. The summed E-state index contributed by atoms with van der Waals surface area (Å²) in [5.74, 6) is -0.115. The molecule has 4 nitrogen and oxygen atoms in total. The SMILES string of the molecule is CC(C)CN(CC1CN(Cc2ccccc2Cl)CCO1)C(=O)c1ccc(F)cc1. The zero-order valence-corrected chi connectivity index (χ0v) is 17.7. The fraction of sp³-hybridized carbons (Fsp3) is 0.435. The Bertz CT molecular complexity index is 813. The third kappa shape index (κ3) is 6.26. The Kier molecular flexibility index (Phi) is 7.64. The van der Waals surface area contributed by atoms with Crippen molar-refractivity contribution >= 4 is 17.5 Å². The molecule has 0 aliphatic carbocycles. The van der Waals surface area contributed by atoms with Crippen LogP contribution < -0.4 is 0 Å².